The average molecular weight is 454 g/mol. The zero-order valence-electron chi connectivity index (χ0n) is 16.7. The van der Waals surface area contributed by atoms with Crippen LogP contribution in [0.3, 0.4) is 0 Å². The Kier molecular flexibility index (Phi) is 6.99. The molecule has 1 heterocycles. The number of nitrogens with zero attached hydrogens (tertiary/aromatic N) is 2. The van der Waals surface area contributed by atoms with Gasteiger partial charge in [0.2, 0.25) is 15.9 Å². The average Bonchev–Trinajstić information content (AvgIpc) is 2.73. The molecular formula is C20H26ClN4O4S+. The van der Waals surface area contributed by atoms with Crippen molar-refractivity contribution < 1.29 is 17.9 Å². The van der Waals surface area contributed by atoms with Crippen molar-refractivity contribution in [1.29, 1.82) is 0 Å². The molecule has 2 aromatic carbocycles. The van der Waals surface area contributed by atoms with Gasteiger partial charge in [-0.2, -0.15) is 4.00 Å². The van der Waals surface area contributed by atoms with Gasteiger partial charge in [0.25, 0.3) is 0 Å². The summed E-state index contributed by atoms with van der Waals surface area (Å²) in [5, 5.41) is 7.06. The molecule has 1 aliphatic rings. The lowest BCUT2D eigenvalue weighted by molar-refractivity contribution is -0.116. The van der Waals surface area contributed by atoms with Crippen LogP contribution < -0.4 is 19.2 Å². The number of quaternary nitrogens is 1. The predicted octanol–water partition coefficient (Wildman–Crippen LogP) is 2.12. The van der Waals surface area contributed by atoms with Crippen LogP contribution in [-0.2, 0) is 14.8 Å². The zero-order chi connectivity index (χ0) is 21.8. The summed E-state index contributed by atoms with van der Waals surface area (Å²) >= 11 is 6.85. The Labute approximate surface area is 181 Å². The molecule has 1 atom stereocenters. The van der Waals surface area contributed by atoms with Crippen molar-refractivity contribution in [1.82, 2.24) is 8.90 Å². The smallest absolute Gasteiger partial charge is 0.227 e. The second kappa shape index (κ2) is 9.32. The Morgan fingerprint density at radius 2 is 1.77 bits per heavy atom. The summed E-state index contributed by atoms with van der Waals surface area (Å²) in [4.78, 5) is 14.1. The third kappa shape index (κ3) is 5.30. The van der Waals surface area contributed by atoms with Crippen molar-refractivity contribution in [2.24, 2.45) is 5.14 Å². The Hall–Kier alpha value is -2.17. The quantitative estimate of drug-likeness (QED) is 0.625. The number of carbonyl (C=O) groups is 1. The molecule has 1 saturated heterocycles. The summed E-state index contributed by atoms with van der Waals surface area (Å²) in [7, 11) is -2.39. The van der Waals surface area contributed by atoms with Gasteiger partial charge in [-0.3, -0.25) is 9.69 Å². The predicted molar refractivity (Wildman–Crippen MR) is 119 cm³/mol. The highest BCUT2D eigenvalue weighted by atomic mass is 35.5. The van der Waals surface area contributed by atoms with Gasteiger partial charge in [-0.05, 0) is 18.2 Å². The van der Waals surface area contributed by atoms with Gasteiger partial charge in [0.05, 0.1) is 26.6 Å². The van der Waals surface area contributed by atoms with Gasteiger partial charge in [0.1, 0.15) is 18.5 Å². The van der Waals surface area contributed by atoms with E-state index in [4.69, 9.17) is 21.7 Å². The fourth-order valence-corrected chi connectivity index (χ4v) is 4.93. The van der Waals surface area contributed by atoms with Crippen LogP contribution in [0.2, 0.25) is 0 Å². The number of primary sulfonamides is 1. The minimum absolute atomic E-state index is 0.0913. The molecule has 0 spiro atoms. The Morgan fingerprint density at radius 1 is 1.17 bits per heavy atom. The molecule has 30 heavy (non-hydrogen) atoms. The highest BCUT2D eigenvalue weighted by molar-refractivity contribution is 7.89. The largest absolute Gasteiger partial charge is 0.491 e. The van der Waals surface area contributed by atoms with E-state index in [2.05, 4.69) is 5.32 Å². The molecule has 3 rings (SSSR count). The van der Waals surface area contributed by atoms with Gasteiger partial charge in [-0.25, -0.2) is 13.6 Å². The number of hydrogen-bond donors (Lipinski definition) is 2. The lowest BCUT2D eigenvalue weighted by Crippen LogP contribution is -2.59. The number of rotatable bonds is 7. The maximum absolute atomic E-state index is 12.4. The van der Waals surface area contributed by atoms with Crippen LogP contribution in [0.5, 0.6) is 5.75 Å². The summed E-state index contributed by atoms with van der Waals surface area (Å²) in [5.41, 5.74) is 1.41. The molecule has 8 nitrogen and oxygen atoms in total. The van der Waals surface area contributed by atoms with Crippen molar-refractivity contribution in [3.05, 3.63) is 54.6 Å². The van der Waals surface area contributed by atoms with Gasteiger partial charge in [0, 0.05) is 11.8 Å². The van der Waals surface area contributed by atoms with E-state index < -0.39 is 21.3 Å². The molecule has 1 fully saturated rings. The first kappa shape index (κ1) is 22.5. The number of benzene rings is 2. The number of hydrogen-bond acceptors (Lipinski definition) is 5. The summed E-state index contributed by atoms with van der Waals surface area (Å²) in [6, 6.07) is 16.3. The number of piperazine rings is 1. The summed E-state index contributed by atoms with van der Waals surface area (Å²) < 4.78 is 30.0. The van der Waals surface area contributed by atoms with Crippen molar-refractivity contribution in [2.75, 3.05) is 38.6 Å². The van der Waals surface area contributed by atoms with E-state index in [1.165, 1.54) is 0 Å². The van der Waals surface area contributed by atoms with E-state index in [0.717, 1.165) is 5.69 Å². The normalized spacial score (nSPS) is 17.8. The van der Waals surface area contributed by atoms with Crippen LogP contribution in [0.4, 0.5) is 11.4 Å². The molecule has 0 aromatic heterocycles. The molecule has 1 aliphatic heterocycles. The first-order chi connectivity index (χ1) is 14.2. The van der Waals surface area contributed by atoms with Crippen molar-refractivity contribution >= 4 is 39.1 Å². The van der Waals surface area contributed by atoms with Gasteiger partial charge in [0.15, 0.2) is 23.2 Å². The fourth-order valence-electron chi connectivity index (χ4n) is 3.63. The number of ether oxygens (including phenoxy) is 1. The highest BCUT2D eigenvalue weighted by Crippen LogP contribution is 2.37. The molecule has 0 aliphatic carbocycles. The first-order valence-electron chi connectivity index (χ1n) is 9.54. The molecule has 0 radical (unpaired) electrons. The SMILES string of the molecule is COc1ccccc1[N+]1(Cl)CCN(C(CC(=O)Nc2ccccc2)S(N)(=O)=O)CC1. The number of methoxy groups -OCH3 is 1. The van der Waals surface area contributed by atoms with Crippen LogP contribution in [0, 0.1) is 0 Å². The molecular weight excluding hydrogens is 428 g/mol. The van der Waals surface area contributed by atoms with E-state index in [9.17, 15) is 13.2 Å². The minimum atomic E-state index is -3.98. The van der Waals surface area contributed by atoms with E-state index in [0.29, 0.717) is 37.6 Å². The molecule has 3 N–H and O–H groups in total. The Bertz CT molecular complexity index is 979. The number of sulfonamides is 1. The van der Waals surface area contributed by atoms with Crippen molar-refractivity contribution in [2.45, 2.75) is 11.8 Å². The molecule has 0 bridgehead atoms. The monoisotopic (exact) mass is 453 g/mol. The highest BCUT2D eigenvalue weighted by Gasteiger charge is 2.41. The maximum Gasteiger partial charge on any atom is 0.227 e. The second-order valence-electron chi connectivity index (χ2n) is 7.18. The maximum atomic E-state index is 12.4. The molecule has 1 amide bonds. The summed E-state index contributed by atoms with van der Waals surface area (Å²) in [5.74, 6) is 0.258. The first-order valence-corrected chi connectivity index (χ1v) is 11.5. The van der Waals surface area contributed by atoms with Crippen LogP contribution in [0.1, 0.15) is 6.42 Å². The standard InChI is InChI=1S/C20H25ClN4O4S/c1-29-18-10-6-5-9-17(18)25(21)13-11-24(12-14-25)20(30(22,27)28)15-19(26)23-16-7-3-2-4-8-16/h2-10,20H,11-15H2,1H3,(H2-,22,23,26,27,28)/p+1. The van der Waals surface area contributed by atoms with E-state index in [1.807, 2.05) is 30.3 Å². The van der Waals surface area contributed by atoms with Gasteiger partial charge >= 0.3 is 0 Å². The topological polar surface area (TPSA) is 102 Å². The van der Waals surface area contributed by atoms with Crippen LogP contribution in [0.25, 0.3) is 0 Å². The van der Waals surface area contributed by atoms with Crippen LogP contribution in [-0.4, -0.2) is 57.9 Å². The Balaban J connectivity index is 1.71. The number of para-hydroxylation sites is 3. The fraction of sp³-hybridized carbons (Fsp3) is 0.350. The number of carbonyl (C=O) groups excluding carboxylic acids is 1. The molecule has 0 saturated carbocycles. The molecule has 2 aromatic rings. The molecule has 1 unspecified atom stereocenters. The zero-order valence-corrected chi connectivity index (χ0v) is 18.3. The van der Waals surface area contributed by atoms with Gasteiger partial charge < -0.3 is 10.1 Å². The van der Waals surface area contributed by atoms with Gasteiger partial charge in [-0.1, -0.05) is 30.3 Å². The Morgan fingerprint density at radius 3 is 2.37 bits per heavy atom. The lowest BCUT2D eigenvalue weighted by atomic mass is 10.2. The molecule has 162 valence electrons. The molecule has 10 heteroatoms. The summed E-state index contributed by atoms with van der Waals surface area (Å²) in [6.45, 7) is 1.60. The minimum Gasteiger partial charge on any atom is -0.491 e. The number of amides is 1. The lowest BCUT2D eigenvalue weighted by Gasteiger charge is -2.40. The van der Waals surface area contributed by atoms with Crippen molar-refractivity contribution in [3.63, 3.8) is 0 Å². The summed E-state index contributed by atoms with van der Waals surface area (Å²) in [6.07, 6.45) is -0.259. The van der Waals surface area contributed by atoms with Crippen LogP contribution >= 0.6 is 11.8 Å². The number of halogens is 1. The third-order valence-electron chi connectivity index (χ3n) is 5.20. The van der Waals surface area contributed by atoms with Crippen LogP contribution in [0.15, 0.2) is 54.6 Å². The number of nitrogens with two attached hydrogens (primary N) is 1. The third-order valence-corrected chi connectivity index (χ3v) is 6.95. The van der Waals surface area contributed by atoms with E-state index in [-0.39, 0.29) is 10.4 Å². The van der Waals surface area contributed by atoms with Crippen molar-refractivity contribution in [3.8, 4) is 5.75 Å². The number of anilines is 1. The second-order valence-corrected chi connectivity index (χ2v) is 9.55. The van der Waals surface area contributed by atoms with E-state index >= 15 is 0 Å². The number of nitrogens with one attached hydrogen (secondary N) is 1. The van der Waals surface area contributed by atoms with E-state index in [1.54, 1.807) is 36.3 Å². The van der Waals surface area contributed by atoms with Gasteiger partial charge in [-0.15, -0.1) is 0 Å².